The summed E-state index contributed by atoms with van der Waals surface area (Å²) in [5.74, 6) is 1.56. The summed E-state index contributed by atoms with van der Waals surface area (Å²) in [5, 5.41) is 5.14. The molecule has 2 heterocycles. The molecule has 0 amide bonds. The Morgan fingerprint density at radius 2 is 1.83 bits per heavy atom. The van der Waals surface area contributed by atoms with Gasteiger partial charge in [-0.3, -0.25) is 0 Å². The van der Waals surface area contributed by atoms with E-state index in [1.165, 1.54) is 4.88 Å². The fraction of sp³-hybridized carbons (Fsp3) is 0.235. The smallest absolute Gasteiger partial charge is 0.130 e. The third-order valence-electron chi connectivity index (χ3n) is 3.44. The van der Waals surface area contributed by atoms with E-state index in [4.69, 9.17) is 16.6 Å². The summed E-state index contributed by atoms with van der Waals surface area (Å²) in [6.07, 6.45) is 1.75. The van der Waals surface area contributed by atoms with E-state index >= 15 is 0 Å². The zero-order valence-electron chi connectivity index (χ0n) is 13.2. The second kappa shape index (κ2) is 6.64. The molecule has 1 N–H and O–H groups in total. The van der Waals surface area contributed by atoms with Crippen molar-refractivity contribution < 1.29 is 0 Å². The van der Waals surface area contributed by atoms with E-state index in [2.05, 4.69) is 29.1 Å². The van der Waals surface area contributed by atoms with Crippen molar-refractivity contribution in [2.75, 3.05) is 5.32 Å². The van der Waals surface area contributed by atoms with Crippen molar-refractivity contribution in [2.24, 2.45) is 0 Å². The number of benzene rings is 1. The van der Waals surface area contributed by atoms with Crippen molar-refractivity contribution in [1.82, 2.24) is 15.0 Å². The predicted molar refractivity (Wildman–Crippen MR) is 96.1 cm³/mol. The summed E-state index contributed by atoms with van der Waals surface area (Å²) in [4.78, 5) is 14.5. The zero-order chi connectivity index (χ0) is 16.4. The highest BCUT2D eigenvalue weighted by Gasteiger charge is 2.15. The van der Waals surface area contributed by atoms with E-state index in [1.54, 1.807) is 17.5 Å². The minimum atomic E-state index is 0.0778. The standard InChI is InChI=1S/C17H17ClN4S/c1-10(20-15-8-9-19-12(3)21-15)17-22-16(11(2)23-17)13-4-6-14(18)7-5-13/h4-10H,1-3H3,(H,19,20,21). The van der Waals surface area contributed by atoms with E-state index in [9.17, 15) is 0 Å². The molecule has 3 aromatic rings. The lowest BCUT2D eigenvalue weighted by Gasteiger charge is -2.11. The fourth-order valence-corrected chi connectivity index (χ4v) is 3.37. The summed E-state index contributed by atoms with van der Waals surface area (Å²) in [6, 6.07) is 9.72. The number of halogens is 1. The Labute approximate surface area is 144 Å². The molecule has 0 aliphatic rings. The van der Waals surface area contributed by atoms with Crippen molar-refractivity contribution in [3.05, 3.63) is 57.3 Å². The van der Waals surface area contributed by atoms with Crippen LogP contribution in [0.1, 0.15) is 28.7 Å². The van der Waals surface area contributed by atoms with Crippen LogP contribution in [0.3, 0.4) is 0 Å². The first kappa shape index (κ1) is 15.9. The molecular formula is C17H17ClN4S. The van der Waals surface area contributed by atoms with E-state index < -0.39 is 0 Å². The molecule has 6 heteroatoms. The lowest BCUT2D eigenvalue weighted by atomic mass is 10.1. The van der Waals surface area contributed by atoms with Crippen LogP contribution >= 0.6 is 22.9 Å². The third kappa shape index (κ3) is 3.68. The highest BCUT2D eigenvalue weighted by atomic mass is 35.5. The van der Waals surface area contributed by atoms with Gasteiger partial charge >= 0.3 is 0 Å². The Hall–Kier alpha value is -1.98. The van der Waals surface area contributed by atoms with Crippen LogP contribution in [0, 0.1) is 13.8 Å². The monoisotopic (exact) mass is 344 g/mol. The van der Waals surface area contributed by atoms with E-state index in [-0.39, 0.29) is 6.04 Å². The number of nitrogens with zero attached hydrogens (tertiary/aromatic N) is 3. The number of hydrogen-bond donors (Lipinski definition) is 1. The minimum Gasteiger partial charge on any atom is -0.361 e. The van der Waals surface area contributed by atoms with Crippen LogP contribution in [-0.2, 0) is 0 Å². The molecule has 0 aliphatic heterocycles. The van der Waals surface area contributed by atoms with Crippen LogP contribution in [0.25, 0.3) is 11.3 Å². The molecule has 4 nitrogen and oxygen atoms in total. The Morgan fingerprint density at radius 3 is 2.52 bits per heavy atom. The van der Waals surface area contributed by atoms with Gasteiger partial charge in [0, 0.05) is 21.7 Å². The average molecular weight is 345 g/mol. The van der Waals surface area contributed by atoms with Gasteiger partial charge in [0.2, 0.25) is 0 Å². The maximum atomic E-state index is 5.96. The number of hydrogen-bond acceptors (Lipinski definition) is 5. The Kier molecular flexibility index (Phi) is 4.59. The van der Waals surface area contributed by atoms with Gasteiger partial charge in [0.15, 0.2) is 0 Å². The van der Waals surface area contributed by atoms with Crippen molar-refractivity contribution in [3.8, 4) is 11.3 Å². The van der Waals surface area contributed by atoms with Crippen LogP contribution in [0.4, 0.5) is 5.82 Å². The molecule has 1 atom stereocenters. The number of thiazole rings is 1. The topological polar surface area (TPSA) is 50.7 Å². The first-order chi connectivity index (χ1) is 11.0. The normalized spacial score (nSPS) is 12.2. The van der Waals surface area contributed by atoms with Gasteiger partial charge < -0.3 is 5.32 Å². The van der Waals surface area contributed by atoms with E-state index in [0.29, 0.717) is 0 Å². The number of rotatable bonds is 4. The van der Waals surface area contributed by atoms with E-state index in [1.807, 2.05) is 37.3 Å². The van der Waals surface area contributed by atoms with Crippen molar-refractivity contribution >= 4 is 28.8 Å². The molecule has 3 rings (SSSR count). The van der Waals surface area contributed by atoms with Crippen LogP contribution in [-0.4, -0.2) is 15.0 Å². The van der Waals surface area contributed by atoms with Gasteiger partial charge in [-0.05, 0) is 39.0 Å². The molecule has 0 aliphatic carbocycles. The molecule has 0 radical (unpaired) electrons. The highest BCUT2D eigenvalue weighted by molar-refractivity contribution is 7.12. The van der Waals surface area contributed by atoms with Gasteiger partial charge in [0.25, 0.3) is 0 Å². The number of aromatic nitrogens is 3. The van der Waals surface area contributed by atoms with Gasteiger partial charge in [-0.25, -0.2) is 15.0 Å². The van der Waals surface area contributed by atoms with Gasteiger partial charge in [-0.2, -0.15) is 0 Å². The average Bonchev–Trinajstić information content (AvgIpc) is 2.90. The van der Waals surface area contributed by atoms with Gasteiger partial charge in [0.05, 0.1) is 11.7 Å². The van der Waals surface area contributed by atoms with Crippen LogP contribution in [0.15, 0.2) is 36.5 Å². The molecule has 23 heavy (non-hydrogen) atoms. The molecule has 1 unspecified atom stereocenters. The SMILES string of the molecule is Cc1nccc(NC(C)c2nc(-c3ccc(Cl)cc3)c(C)s2)n1. The minimum absolute atomic E-state index is 0.0778. The Balaban J connectivity index is 1.83. The van der Waals surface area contributed by atoms with E-state index in [0.717, 1.165) is 32.9 Å². The summed E-state index contributed by atoms with van der Waals surface area (Å²) in [6.45, 7) is 6.05. The van der Waals surface area contributed by atoms with Crippen molar-refractivity contribution in [2.45, 2.75) is 26.8 Å². The Morgan fingerprint density at radius 1 is 1.09 bits per heavy atom. The predicted octanol–water partition coefficient (Wildman–Crippen LogP) is 5.04. The maximum absolute atomic E-state index is 5.96. The lowest BCUT2D eigenvalue weighted by molar-refractivity contribution is 0.855. The van der Waals surface area contributed by atoms with Crippen molar-refractivity contribution in [1.29, 1.82) is 0 Å². The quantitative estimate of drug-likeness (QED) is 0.720. The molecule has 2 aromatic heterocycles. The number of anilines is 1. The van der Waals surface area contributed by atoms with Gasteiger partial charge in [0.1, 0.15) is 16.6 Å². The van der Waals surface area contributed by atoms with Crippen LogP contribution in [0.2, 0.25) is 5.02 Å². The second-order valence-corrected chi connectivity index (χ2v) is 6.99. The van der Waals surface area contributed by atoms with Crippen LogP contribution < -0.4 is 5.32 Å². The molecule has 0 saturated heterocycles. The first-order valence-electron chi connectivity index (χ1n) is 7.32. The molecular weight excluding hydrogens is 328 g/mol. The Bertz CT molecular complexity index is 814. The zero-order valence-corrected chi connectivity index (χ0v) is 14.7. The molecule has 0 saturated carbocycles. The van der Waals surface area contributed by atoms with Crippen LogP contribution in [0.5, 0.6) is 0 Å². The number of aryl methyl sites for hydroxylation is 2. The summed E-state index contributed by atoms with van der Waals surface area (Å²) in [7, 11) is 0. The molecule has 0 bridgehead atoms. The summed E-state index contributed by atoms with van der Waals surface area (Å²) < 4.78 is 0. The fourth-order valence-electron chi connectivity index (χ4n) is 2.30. The second-order valence-electron chi connectivity index (χ2n) is 5.32. The molecule has 1 aromatic carbocycles. The molecule has 0 spiro atoms. The maximum Gasteiger partial charge on any atom is 0.130 e. The molecule has 0 fully saturated rings. The van der Waals surface area contributed by atoms with Crippen molar-refractivity contribution in [3.63, 3.8) is 0 Å². The molecule has 118 valence electrons. The van der Waals surface area contributed by atoms with Gasteiger partial charge in [-0.15, -0.1) is 11.3 Å². The first-order valence-corrected chi connectivity index (χ1v) is 8.52. The summed E-state index contributed by atoms with van der Waals surface area (Å²) >= 11 is 7.65. The lowest BCUT2D eigenvalue weighted by Crippen LogP contribution is -2.08. The largest absolute Gasteiger partial charge is 0.361 e. The third-order valence-corrected chi connectivity index (χ3v) is 4.85. The highest BCUT2D eigenvalue weighted by Crippen LogP contribution is 2.32. The van der Waals surface area contributed by atoms with Gasteiger partial charge in [-0.1, -0.05) is 23.7 Å². The summed E-state index contributed by atoms with van der Waals surface area (Å²) in [5.41, 5.74) is 2.09. The number of nitrogens with one attached hydrogen (secondary N) is 1.